The van der Waals surface area contributed by atoms with Crippen LogP contribution >= 0.6 is 0 Å². The van der Waals surface area contributed by atoms with Crippen molar-refractivity contribution in [2.75, 3.05) is 20.3 Å². The molecule has 0 rings (SSSR count). The van der Waals surface area contributed by atoms with E-state index in [1.807, 2.05) is 0 Å². The lowest BCUT2D eigenvalue weighted by Crippen LogP contribution is -2.49. The van der Waals surface area contributed by atoms with E-state index in [-0.39, 0.29) is 19.6 Å². The van der Waals surface area contributed by atoms with Gasteiger partial charge in [-0.1, -0.05) is 0 Å². The van der Waals surface area contributed by atoms with E-state index in [0.29, 0.717) is 0 Å². The Labute approximate surface area is 118 Å². The molecule has 116 valence electrons. The first-order valence-electron chi connectivity index (χ1n) is 6.45. The number of ether oxygens (including phenoxy) is 3. The molecule has 0 aromatic rings. The summed E-state index contributed by atoms with van der Waals surface area (Å²) in [5.74, 6) is -2.17. The maximum atomic E-state index is 11.8. The van der Waals surface area contributed by atoms with Gasteiger partial charge in [-0.05, 0) is 27.7 Å². The van der Waals surface area contributed by atoms with Crippen LogP contribution in [-0.2, 0) is 28.6 Å². The Kier molecular flexibility index (Phi) is 7.83. The number of hydrogen-bond acceptors (Lipinski definition) is 6. The van der Waals surface area contributed by atoms with Crippen LogP contribution in [0.5, 0.6) is 0 Å². The van der Waals surface area contributed by atoms with Gasteiger partial charge in [0, 0.05) is 7.11 Å². The van der Waals surface area contributed by atoms with Crippen molar-refractivity contribution in [3.63, 3.8) is 0 Å². The zero-order valence-corrected chi connectivity index (χ0v) is 12.6. The quantitative estimate of drug-likeness (QED) is 0.514. The van der Waals surface area contributed by atoms with Crippen LogP contribution in [0.25, 0.3) is 0 Å². The van der Waals surface area contributed by atoms with Crippen molar-refractivity contribution in [1.82, 2.24) is 5.32 Å². The molecule has 0 aromatic carbocycles. The van der Waals surface area contributed by atoms with Crippen molar-refractivity contribution < 1.29 is 28.6 Å². The second-order valence-corrected chi connectivity index (χ2v) is 4.65. The van der Waals surface area contributed by atoms with E-state index in [1.165, 1.54) is 7.11 Å². The van der Waals surface area contributed by atoms with Gasteiger partial charge in [0.1, 0.15) is 0 Å². The molecule has 1 amide bonds. The van der Waals surface area contributed by atoms with Crippen molar-refractivity contribution in [1.29, 1.82) is 0 Å². The van der Waals surface area contributed by atoms with Crippen LogP contribution in [0, 0.1) is 0 Å². The highest BCUT2D eigenvalue weighted by Gasteiger charge is 2.32. The van der Waals surface area contributed by atoms with Crippen LogP contribution in [0.3, 0.4) is 0 Å². The normalized spacial score (nSPS) is 11.1. The first-order chi connectivity index (χ1) is 9.27. The van der Waals surface area contributed by atoms with Gasteiger partial charge >= 0.3 is 11.9 Å². The summed E-state index contributed by atoms with van der Waals surface area (Å²) in [4.78, 5) is 35.2. The van der Waals surface area contributed by atoms with Crippen molar-refractivity contribution >= 4 is 17.8 Å². The largest absolute Gasteiger partial charge is 0.464 e. The molecule has 7 nitrogen and oxygen atoms in total. The van der Waals surface area contributed by atoms with Crippen LogP contribution in [0.2, 0.25) is 0 Å². The number of rotatable bonds is 8. The molecule has 0 spiro atoms. The molecular weight excluding hydrogens is 266 g/mol. The molecule has 0 saturated heterocycles. The lowest BCUT2D eigenvalue weighted by Gasteiger charge is -2.23. The maximum absolute atomic E-state index is 11.8. The molecule has 0 radical (unpaired) electrons. The van der Waals surface area contributed by atoms with Gasteiger partial charge in [-0.25, -0.2) is 9.59 Å². The third-order valence-corrected chi connectivity index (χ3v) is 2.49. The fourth-order valence-electron chi connectivity index (χ4n) is 1.34. The van der Waals surface area contributed by atoms with Crippen molar-refractivity contribution in [2.45, 2.75) is 45.8 Å². The second kappa shape index (κ2) is 8.52. The summed E-state index contributed by atoms with van der Waals surface area (Å²) in [6.45, 7) is 6.86. The molecule has 7 heteroatoms. The van der Waals surface area contributed by atoms with Crippen LogP contribution in [0.4, 0.5) is 0 Å². The zero-order valence-electron chi connectivity index (χ0n) is 12.6. The first-order valence-corrected chi connectivity index (χ1v) is 6.45. The third-order valence-electron chi connectivity index (χ3n) is 2.49. The molecule has 0 aliphatic carbocycles. The van der Waals surface area contributed by atoms with E-state index < -0.39 is 29.5 Å². The van der Waals surface area contributed by atoms with Gasteiger partial charge in [0.15, 0.2) is 0 Å². The number of hydrogen-bond donors (Lipinski definition) is 1. The SMILES string of the molecule is CCOC(=O)C(NC(=O)CC(C)(C)OC)C(=O)OCC. The fourth-order valence-corrected chi connectivity index (χ4v) is 1.34. The van der Waals surface area contributed by atoms with E-state index in [0.717, 1.165) is 0 Å². The third kappa shape index (κ3) is 6.51. The van der Waals surface area contributed by atoms with Crippen LogP contribution < -0.4 is 5.32 Å². The predicted octanol–water partition coefficient (Wildman–Crippen LogP) is 0.413. The number of nitrogens with one attached hydrogen (secondary N) is 1. The van der Waals surface area contributed by atoms with Gasteiger partial charge < -0.3 is 19.5 Å². The minimum Gasteiger partial charge on any atom is -0.464 e. The lowest BCUT2D eigenvalue weighted by molar-refractivity contribution is -0.160. The Morgan fingerprint density at radius 2 is 1.50 bits per heavy atom. The van der Waals surface area contributed by atoms with Gasteiger partial charge in [0.25, 0.3) is 0 Å². The molecule has 0 fully saturated rings. The molecule has 0 bridgehead atoms. The fraction of sp³-hybridized carbons (Fsp3) is 0.769. The molecule has 0 atom stereocenters. The summed E-state index contributed by atoms with van der Waals surface area (Å²) in [7, 11) is 1.47. The molecule has 20 heavy (non-hydrogen) atoms. The maximum Gasteiger partial charge on any atom is 0.340 e. The first kappa shape index (κ1) is 18.4. The molecule has 0 saturated carbocycles. The summed E-state index contributed by atoms with van der Waals surface area (Å²) >= 11 is 0. The van der Waals surface area contributed by atoms with Crippen molar-refractivity contribution in [3.8, 4) is 0 Å². The van der Waals surface area contributed by atoms with Crippen LogP contribution in [0.1, 0.15) is 34.1 Å². The number of amides is 1. The summed E-state index contributed by atoms with van der Waals surface area (Å²) < 4.78 is 14.6. The summed E-state index contributed by atoms with van der Waals surface area (Å²) in [5.41, 5.74) is -0.696. The highest BCUT2D eigenvalue weighted by Crippen LogP contribution is 2.12. The number of methoxy groups -OCH3 is 1. The molecule has 0 aromatic heterocycles. The summed E-state index contributed by atoms with van der Waals surface area (Å²) in [6, 6.07) is -1.45. The minimum absolute atomic E-state index is 0.00118. The molecule has 0 aliphatic rings. The zero-order chi connectivity index (χ0) is 15.8. The van der Waals surface area contributed by atoms with Crippen molar-refractivity contribution in [2.24, 2.45) is 0 Å². The Hall–Kier alpha value is -1.63. The van der Waals surface area contributed by atoms with E-state index in [9.17, 15) is 14.4 Å². The van der Waals surface area contributed by atoms with E-state index in [4.69, 9.17) is 14.2 Å². The molecule has 1 N–H and O–H groups in total. The average molecular weight is 289 g/mol. The van der Waals surface area contributed by atoms with Crippen molar-refractivity contribution in [3.05, 3.63) is 0 Å². The van der Waals surface area contributed by atoms with Gasteiger partial charge in [-0.3, -0.25) is 4.79 Å². The highest BCUT2D eigenvalue weighted by atomic mass is 16.6. The Morgan fingerprint density at radius 3 is 1.85 bits per heavy atom. The molecule has 0 aliphatic heterocycles. The standard InChI is InChI=1S/C13H23NO6/c1-6-19-11(16)10(12(17)20-7-2)14-9(15)8-13(3,4)18-5/h10H,6-8H2,1-5H3,(H,14,15). The number of esters is 2. The van der Waals surface area contributed by atoms with E-state index in [1.54, 1.807) is 27.7 Å². The minimum atomic E-state index is -1.45. The smallest absolute Gasteiger partial charge is 0.340 e. The molecule has 0 heterocycles. The van der Waals surface area contributed by atoms with E-state index in [2.05, 4.69) is 5.32 Å². The van der Waals surface area contributed by atoms with Gasteiger partial charge in [0.05, 0.1) is 25.2 Å². The van der Waals surface area contributed by atoms with Crippen LogP contribution in [-0.4, -0.2) is 49.8 Å². The Morgan fingerprint density at radius 1 is 1.05 bits per heavy atom. The Bertz CT molecular complexity index is 335. The number of carbonyl (C=O) groups is 3. The predicted molar refractivity (Wildman–Crippen MR) is 70.9 cm³/mol. The summed E-state index contributed by atoms with van der Waals surface area (Å²) in [6.07, 6.45) is -0.00118. The molecule has 0 unspecified atom stereocenters. The van der Waals surface area contributed by atoms with Gasteiger partial charge in [-0.15, -0.1) is 0 Å². The second-order valence-electron chi connectivity index (χ2n) is 4.65. The highest BCUT2D eigenvalue weighted by molar-refractivity contribution is 6.02. The average Bonchev–Trinajstić information content (AvgIpc) is 2.35. The summed E-state index contributed by atoms with van der Waals surface area (Å²) in [5, 5.41) is 2.31. The lowest BCUT2D eigenvalue weighted by atomic mass is 10.0. The monoisotopic (exact) mass is 289 g/mol. The van der Waals surface area contributed by atoms with E-state index >= 15 is 0 Å². The Balaban J connectivity index is 4.76. The number of carbonyl (C=O) groups excluding carboxylic acids is 3. The van der Waals surface area contributed by atoms with Gasteiger partial charge in [0.2, 0.25) is 11.9 Å². The van der Waals surface area contributed by atoms with Gasteiger partial charge in [-0.2, -0.15) is 0 Å². The van der Waals surface area contributed by atoms with Crippen LogP contribution in [0.15, 0.2) is 0 Å². The molecular formula is C13H23NO6. The topological polar surface area (TPSA) is 90.9 Å².